The maximum atomic E-state index is 10.7. The molecule has 18 heavy (non-hydrogen) atoms. The highest BCUT2D eigenvalue weighted by molar-refractivity contribution is 7.11. The van der Waals surface area contributed by atoms with Gasteiger partial charge in [0.15, 0.2) is 0 Å². The Kier molecular flexibility index (Phi) is 3.47. The molecule has 0 aliphatic rings. The van der Waals surface area contributed by atoms with Gasteiger partial charge in [0.2, 0.25) is 5.01 Å². The zero-order valence-electron chi connectivity index (χ0n) is 9.70. The Morgan fingerprint density at radius 1 is 1.50 bits per heavy atom. The van der Waals surface area contributed by atoms with Gasteiger partial charge in [0.25, 0.3) is 0 Å². The summed E-state index contributed by atoms with van der Waals surface area (Å²) in [6.45, 7) is 0.493. The Morgan fingerprint density at radius 2 is 2.28 bits per heavy atom. The summed E-state index contributed by atoms with van der Waals surface area (Å²) < 4.78 is 0. The Labute approximate surface area is 108 Å². The first-order valence-corrected chi connectivity index (χ1v) is 6.12. The van der Waals surface area contributed by atoms with Crippen LogP contribution in [0.15, 0.2) is 29.6 Å². The number of hydrogen-bond donors (Lipinski definition) is 2. The molecule has 6 heteroatoms. The Bertz CT molecular complexity index is 568. The molecule has 1 heterocycles. The average Bonchev–Trinajstić information content (AvgIpc) is 2.77. The van der Waals surface area contributed by atoms with Gasteiger partial charge in [0.05, 0.1) is 12.2 Å². The minimum Gasteiger partial charge on any atom is -0.508 e. The van der Waals surface area contributed by atoms with Gasteiger partial charge in [-0.05, 0) is 12.1 Å². The van der Waals surface area contributed by atoms with Crippen molar-refractivity contribution in [2.75, 3.05) is 11.9 Å². The highest BCUT2D eigenvalue weighted by Crippen LogP contribution is 2.21. The number of benzene rings is 1. The third-order valence-corrected chi connectivity index (χ3v) is 3.28. The number of aromatic hydroxyl groups is 1. The van der Waals surface area contributed by atoms with E-state index in [1.54, 1.807) is 23.6 Å². The highest BCUT2D eigenvalue weighted by atomic mass is 32.1. The van der Waals surface area contributed by atoms with E-state index >= 15 is 0 Å². The minimum atomic E-state index is -1.01. The first-order valence-electron chi connectivity index (χ1n) is 5.24. The normalized spacial score (nSPS) is 10.3. The summed E-state index contributed by atoms with van der Waals surface area (Å²) in [5, 5.41) is 20.0. The van der Waals surface area contributed by atoms with Crippen LogP contribution in [0.1, 0.15) is 15.5 Å². The summed E-state index contributed by atoms with van der Waals surface area (Å²) >= 11 is 1.11. The van der Waals surface area contributed by atoms with Crippen molar-refractivity contribution in [1.82, 2.24) is 4.98 Å². The van der Waals surface area contributed by atoms with Gasteiger partial charge in [-0.25, -0.2) is 9.78 Å². The molecule has 0 spiro atoms. The fourth-order valence-corrected chi connectivity index (χ4v) is 2.19. The van der Waals surface area contributed by atoms with E-state index in [-0.39, 0.29) is 10.8 Å². The maximum Gasteiger partial charge on any atom is 0.365 e. The van der Waals surface area contributed by atoms with E-state index in [0.717, 1.165) is 17.0 Å². The van der Waals surface area contributed by atoms with Crippen LogP contribution in [0.5, 0.6) is 5.75 Å². The van der Waals surface area contributed by atoms with Crippen molar-refractivity contribution < 1.29 is 15.0 Å². The molecule has 0 fully saturated rings. The molecule has 0 aliphatic carbocycles. The molecule has 2 rings (SSSR count). The molecular formula is C12H12N2O3S. The lowest BCUT2D eigenvalue weighted by Crippen LogP contribution is -2.16. The van der Waals surface area contributed by atoms with Crippen molar-refractivity contribution in [2.45, 2.75) is 6.54 Å². The minimum absolute atomic E-state index is 0.0920. The zero-order valence-corrected chi connectivity index (χ0v) is 10.5. The molecule has 0 amide bonds. The Balaban J connectivity index is 2.11. The summed E-state index contributed by atoms with van der Waals surface area (Å²) in [6, 6.07) is 6.86. The third-order valence-electron chi connectivity index (χ3n) is 2.40. The second kappa shape index (κ2) is 5.05. The Hall–Kier alpha value is -2.08. The van der Waals surface area contributed by atoms with Gasteiger partial charge < -0.3 is 15.1 Å². The van der Waals surface area contributed by atoms with E-state index in [4.69, 9.17) is 5.11 Å². The number of carboxylic acid groups (broad SMARTS) is 1. The van der Waals surface area contributed by atoms with Crippen LogP contribution in [0, 0.1) is 0 Å². The smallest absolute Gasteiger partial charge is 0.365 e. The van der Waals surface area contributed by atoms with Crippen molar-refractivity contribution >= 4 is 23.0 Å². The first kappa shape index (κ1) is 12.4. The Morgan fingerprint density at radius 3 is 2.89 bits per heavy atom. The van der Waals surface area contributed by atoms with E-state index in [1.807, 2.05) is 18.0 Å². The lowest BCUT2D eigenvalue weighted by atomic mass is 10.2. The predicted octanol–water partition coefficient (Wildman–Crippen LogP) is 2.18. The second-order valence-corrected chi connectivity index (χ2v) is 4.68. The molecule has 0 atom stereocenters. The molecule has 2 aromatic rings. The van der Waals surface area contributed by atoms with E-state index in [0.29, 0.717) is 12.2 Å². The molecule has 1 aromatic heterocycles. The monoisotopic (exact) mass is 264 g/mol. The number of rotatable bonds is 4. The van der Waals surface area contributed by atoms with Gasteiger partial charge in [0, 0.05) is 24.2 Å². The molecule has 0 unspecified atom stereocenters. The van der Waals surface area contributed by atoms with Crippen LogP contribution in [0.25, 0.3) is 0 Å². The number of nitrogens with zero attached hydrogens (tertiary/aromatic N) is 2. The van der Waals surface area contributed by atoms with Crippen molar-refractivity contribution in [2.24, 2.45) is 0 Å². The SMILES string of the molecule is CN(Cc1csc(C(=O)O)n1)c1cccc(O)c1. The first-order chi connectivity index (χ1) is 8.56. The third kappa shape index (κ3) is 2.78. The van der Waals surface area contributed by atoms with Crippen LogP contribution >= 0.6 is 11.3 Å². The highest BCUT2D eigenvalue weighted by Gasteiger charge is 2.10. The van der Waals surface area contributed by atoms with Crippen LogP contribution in [0.2, 0.25) is 0 Å². The van der Waals surface area contributed by atoms with Gasteiger partial charge >= 0.3 is 5.97 Å². The molecule has 94 valence electrons. The van der Waals surface area contributed by atoms with Crippen LogP contribution < -0.4 is 4.90 Å². The van der Waals surface area contributed by atoms with E-state index in [1.165, 1.54) is 0 Å². The summed E-state index contributed by atoms with van der Waals surface area (Å²) in [4.78, 5) is 16.6. The van der Waals surface area contributed by atoms with Gasteiger partial charge in [-0.15, -0.1) is 11.3 Å². The number of carbonyl (C=O) groups is 1. The molecule has 5 nitrogen and oxygen atoms in total. The average molecular weight is 264 g/mol. The lowest BCUT2D eigenvalue weighted by Gasteiger charge is -2.18. The van der Waals surface area contributed by atoms with Gasteiger partial charge in [0.1, 0.15) is 5.75 Å². The molecule has 0 bridgehead atoms. The van der Waals surface area contributed by atoms with Crippen LogP contribution in [-0.4, -0.2) is 28.2 Å². The molecule has 0 radical (unpaired) electrons. The van der Waals surface area contributed by atoms with Crippen molar-refractivity contribution in [1.29, 1.82) is 0 Å². The van der Waals surface area contributed by atoms with Crippen molar-refractivity contribution in [3.05, 3.63) is 40.3 Å². The van der Waals surface area contributed by atoms with E-state index in [2.05, 4.69) is 4.98 Å². The van der Waals surface area contributed by atoms with Gasteiger partial charge in [-0.2, -0.15) is 0 Å². The van der Waals surface area contributed by atoms with Crippen molar-refractivity contribution in [3.8, 4) is 5.75 Å². The fraction of sp³-hybridized carbons (Fsp3) is 0.167. The zero-order chi connectivity index (χ0) is 13.1. The number of aromatic nitrogens is 1. The number of anilines is 1. The number of phenolic OH excluding ortho intramolecular Hbond substituents is 1. The largest absolute Gasteiger partial charge is 0.508 e. The summed E-state index contributed by atoms with van der Waals surface area (Å²) in [6.07, 6.45) is 0. The van der Waals surface area contributed by atoms with Gasteiger partial charge in [-0.3, -0.25) is 0 Å². The van der Waals surface area contributed by atoms with Gasteiger partial charge in [-0.1, -0.05) is 6.07 Å². The fourth-order valence-electron chi connectivity index (χ4n) is 1.54. The summed E-state index contributed by atoms with van der Waals surface area (Å²) in [5.41, 5.74) is 1.54. The number of aromatic carboxylic acids is 1. The standard InChI is InChI=1S/C12H12N2O3S/c1-14(9-3-2-4-10(15)5-9)6-8-7-18-11(13-8)12(16)17/h2-5,7,15H,6H2,1H3,(H,16,17). The molecule has 2 N–H and O–H groups in total. The molecule has 1 aromatic carbocycles. The number of hydrogen-bond acceptors (Lipinski definition) is 5. The van der Waals surface area contributed by atoms with Crippen LogP contribution in [0.4, 0.5) is 5.69 Å². The quantitative estimate of drug-likeness (QED) is 0.885. The topological polar surface area (TPSA) is 73.7 Å². The molecule has 0 saturated heterocycles. The van der Waals surface area contributed by atoms with Crippen LogP contribution in [0.3, 0.4) is 0 Å². The van der Waals surface area contributed by atoms with Crippen molar-refractivity contribution in [3.63, 3.8) is 0 Å². The number of carboxylic acids is 1. The lowest BCUT2D eigenvalue weighted by molar-refractivity contribution is 0.0696. The van der Waals surface area contributed by atoms with E-state index in [9.17, 15) is 9.90 Å². The predicted molar refractivity (Wildman–Crippen MR) is 69.3 cm³/mol. The summed E-state index contributed by atoms with van der Waals surface area (Å²) in [7, 11) is 1.86. The van der Waals surface area contributed by atoms with E-state index < -0.39 is 5.97 Å². The maximum absolute atomic E-state index is 10.7. The number of thiazole rings is 1. The summed E-state index contributed by atoms with van der Waals surface area (Å²) in [5.74, 6) is -0.810. The van der Waals surface area contributed by atoms with Crippen LogP contribution in [-0.2, 0) is 6.54 Å². The molecule has 0 aliphatic heterocycles. The second-order valence-electron chi connectivity index (χ2n) is 3.83. The number of phenols is 1. The molecule has 0 saturated carbocycles. The molecular weight excluding hydrogens is 252 g/mol.